The van der Waals surface area contributed by atoms with Crippen LogP contribution in [-0.2, 0) is 9.53 Å². The van der Waals surface area contributed by atoms with Gasteiger partial charge >= 0.3 is 12.1 Å². The predicted octanol–water partition coefficient (Wildman–Crippen LogP) is 2.27. The Morgan fingerprint density at radius 2 is 2.05 bits per heavy atom. The third-order valence-electron chi connectivity index (χ3n) is 2.41. The summed E-state index contributed by atoms with van der Waals surface area (Å²) in [4.78, 5) is 23.0. The smallest absolute Gasteiger partial charge is 0.410 e. The molecule has 0 radical (unpaired) electrons. The van der Waals surface area contributed by atoms with Crippen LogP contribution >= 0.6 is 0 Å². The topological polar surface area (TPSA) is 66.8 Å². The molecular weight excluding hydrogens is 260 g/mol. The Morgan fingerprint density at radius 3 is 2.47 bits per heavy atom. The summed E-state index contributed by atoms with van der Waals surface area (Å²) in [7, 11) is 0. The molecule has 1 heterocycles. The highest BCUT2D eigenvalue weighted by Crippen LogP contribution is 2.31. The van der Waals surface area contributed by atoms with Crippen LogP contribution in [0.1, 0.15) is 27.2 Å². The van der Waals surface area contributed by atoms with Gasteiger partial charge in [-0.3, -0.25) is 9.69 Å². The van der Waals surface area contributed by atoms with Gasteiger partial charge in [0.25, 0.3) is 5.92 Å². The number of alkyl halides is 2. The fourth-order valence-corrected chi connectivity index (χ4v) is 1.61. The van der Waals surface area contributed by atoms with Crippen LogP contribution in [0, 0.1) is 0 Å². The van der Waals surface area contributed by atoms with Crippen molar-refractivity contribution in [2.75, 3.05) is 13.1 Å². The average molecular weight is 277 g/mol. The minimum absolute atomic E-state index is 0.0763. The lowest BCUT2D eigenvalue weighted by atomic mass is 10.0. The van der Waals surface area contributed by atoms with Gasteiger partial charge in [-0.1, -0.05) is 6.08 Å². The van der Waals surface area contributed by atoms with Crippen LogP contribution in [0.2, 0.25) is 0 Å². The van der Waals surface area contributed by atoms with E-state index in [0.717, 1.165) is 11.0 Å². The molecule has 0 aliphatic carbocycles. The average Bonchev–Trinajstić information content (AvgIpc) is 2.17. The number of carboxylic acid groups (broad SMARTS) is 1. The summed E-state index contributed by atoms with van der Waals surface area (Å²) in [5, 5.41) is 8.55. The van der Waals surface area contributed by atoms with Crippen LogP contribution in [0.15, 0.2) is 11.6 Å². The number of ether oxygens (including phenoxy) is 1. The molecule has 0 aromatic rings. The molecule has 5 nitrogen and oxygen atoms in total. The Morgan fingerprint density at radius 1 is 1.47 bits per heavy atom. The van der Waals surface area contributed by atoms with Gasteiger partial charge in [-0.15, -0.1) is 0 Å². The van der Waals surface area contributed by atoms with E-state index in [1.807, 2.05) is 0 Å². The van der Waals surface area contributed by atoms with Gasteiger partial charge in [0.1, 0.15) is 5.60 Å². The van der Waals surface area contributed by atoms with E-state index in [2.05, 4.69) is 0 Å². The van der Waals surface area contributed by atoms with Crippen molar-refractivity contribution in [3.8, 4) is 0 Å². The quantitative estimate of drug-likeness (QED) is 0.786. The van der Waals surface area contributed by atoms with Crippen LogP contribution < -0.4 is 0 Å². The molecule has 0 atom stereocenters. The van der Waals surface area contributed by atoms with Gasteiger partial charge in [0, 0.05) is 12.1 Å². The van der Waals surface area contributed by atoms with Crippen LogP contribution in [0.3, 0.4) is 0 Å². The van der Waals surface area contributed by atoms with Crippen molar-refractivity contribution in [1.29, 1.82) is 0 Å². The van der Waals surface area contributed by atoms with E-state index in [-0.39, 0.29) is 6.54 Å². The van der Waals surface area contributed by atoms with Gasteiger partial charge in [-0.2, -0.15) is 8.78 Å². The van der Waals surface area contributed by atoms with E-state index in [9.17, 15) is 18.4 Å². The van der Waals surface area contributed by atoms with Gasteiger partial charge in [0.15, 0.2) is 0 Å². The number of amides is 1. The fourth-order valence-electron chi connectivity index (χ4n) is 1.61. The minimum Gasteiger partial charge on any atom is -0.481 e. The van der Waals surface area contributed by atoms with Gasteiger partial charge in [0.2, 0.25) is 0 Å². The third kappa shape index (κ3) is 4.50. The molecule has 0 unspecified atom stereocenters. The van der Waals surface area contributed by atoms with Gasteiger partial charge in [-0.05, 0) is 20.8 Å². The van der Waals surface area contributed by atoms with Gasteiger partial charge in [-0.25, -0.2) is 4.79 Å². The second kappa shape index (κ2) is 5.14. The number of rotatable bonds is 2. The first-order valence-electron chi connectivity index (χ1n) is 5.78. The molecule has 1 aliphatic heterocycles. The molecule has 0 aromatic heterocycles. The number of hydrogen-bond donors (Lipinski definition) is 1. The van der Waals surface area contributed by atoms with E-state index in [1.165, 1.54) is 0 Å². The van der Waals surface area contributed by atoms with Crippen LogP contribution in [0.4, 0.5) is 13.6 Å². The Hall–Kier alpha value is -1.66. The molecule has 108 valence electrons. The van der Waals surface area contributed by atoms with Crippen LogP contribution in [0.25, 0.3) is 0 Å². The van der Waals surface area contributed by atoms with Gasteiger partial charge in [0.05, 0.1) is 13.0 Å². The maximum absolute atomic E-state index is 13.7. The van der Waals surface area contributed by atoms with Crippen molar-refractivity contribution in [3.63, 3.8) is 0 Å². The molecule has 0 saturated carbocycles. The van der Waals surface area contributed by atoms with Crippen molar-refractivity contribution in [2.24, 2.45) is 0 Å². The van der Waals surface area contributed by atoms with E-state index in [4.69, 9.17) is 9.84 Å². The zero-order valence-corrected chi connectivity index (χ0v) is 11.1. The summed E-state index contributed by atoms with van der Waals surface area (Å²) >= 11 is 0. The lowest BCUT2D eigenvalue weighted by molar-refractivity contribution is -0.137. The molecule has 19 heavy (non-hydrogen) atoms. The van der Waals surface area contributed by atoms with E-state index in [0.29, 0.717) is 0 Å². The van der Waals surface area contributed by atoms with Crippen LogP contribution in [-0.4, -0.2) is 46.7 Å². The molecule has 0 fully saturated rings. The van der Waals surface area contributed by atoms with E-state index >= 15 is 0 Å². The molecule has 0 spiro atoms. The first-order chi connectivity index (χ1) is 8.51. The predicted molar refractivity (Wildman–Crippen MR) is 63.1 cm³/mol. The first-order valence-corrected chi connectivity index (χ1v) is 5.78. The van der Waals surface area contributed by atoms with Gasteiger partial charge < -0.3 is 9.84 Å². The molecule has 0 aromatic carbocycles. The SMILES string of the molecule is CC(C)(C)OC(=O)N1CC=C(CC(=O)O)C(F)(F)C1. The molecular formula is C12H17F2NO4. The lowest BCUT2D eigenvalue weighted by Gasteiger charge is -2.33. The first kappa shape index (κ1) is 15.4. The van der Waals surface area contributed by atoms with E-state index in [1.54, 1.807) is 20.8 Å². The molecule has 1 amide bonds. The number of carbonyl (C=O) groups excluding carboxylic acids is 1. The highest BCUT2D eigenvalue weighted by atomic mass is 19.3. The third-order valence-corrected chi connectivity index (χ3v) is 2.41. The minimum atomic E-state index is -3.34. The van der Waals surface area contributed by atoms with Crippen molar-refractivity contribution >= 4 is 12.1 Å². The normalized spacial score (nSPS) is 18.8. The maximum Gasteiger partial charge on any atom is 0.410 e. The molecule has 1 rings (SSSR count). The summed E-state index contributed by atoms with van der Waals surface area (Å²) in [5.74, 6) is -4.66. The summed E-state index contributed by atoms with van der Waals surface area (Å²) in [6, 6.07) is 0. The largest absolute Gasteiger partial charge is 0.481 e. The van der Waals surface area contributed by atoms with Crippen LogP contribution in [0.5, 0.6) is 0 Å². The zero-order chi connectivity index (χ0) is 14.8. The number of hydrogen-bond acceptors (Lipinski definition) is 3. The lowest BCUT2D eigenvalue weighted by Crippen LogP contribution is -2.47. The maximum atomic E-state index is 13.7. The number of nitrogens with zero attached hydrogens (tertiary/aromatic N) is 1. The Labute approximate surface area is 109 Å². The Kier molecular flexibility index (Phi) is 4.17. The number of carboxylic acids is 1. The fraction of sp³-hybridized carbons (Fsp3) is 0.667. The molecule has 1 aliphatic rings. The number of carbonyl (C=O) groups is 2. The van der Waals surface area contributed by atoms with Crippen molar-refractivity contribution in [1.82, 2.24) is 4.90 Å². The van der Waals surface area contributed by atoms with Crippen molar-refractivity contribution < 1.29 is 28.2 Å². The molecule has 0 bridgehead atoms. The van der Waals surface area contributed by atoms with E-state index < -0.39 is 42.1 Å². The number of halogens is 2. The Bertz CT molecular complexity index is 412. The molecule has 1 N–H and O–H groups in total. The summed E-state index contributed by atoms with van der Waals surface area (Å²) in [5.41, 5.74) is -1.24. The van der Waals surface area contributed by atoms with Crippen molar-refractivity contribution in [2.45, 2.75) is 38.7 Å². The zero-order valence-electron chi connectivity index (χ0n) is 11.1. The molecule has 0 saturated heterocycles. The highest BCUT2D eigenvalue weighted by Gasteiger charge is 2.42. The Balaban J connectivity index is 2.77. The molecule has 7 heteroatoms. The summed E-state index contributed by atoms with van der Waals surface area (Å²) < 4.78 is 32.4. The van der Waals surface area contributed by atoms with Crippen molar-refractivity contribution in [3.05, 3.63) is 11.6 Å². The summed E-state index contributed by atoms with van der Waals surface area (Å²) in [6.45, 7) is 3.98. The monoisotopic (exact) mass is 277 g/mol. The summed E-state index contributed by atoms with van der Waals surface area (Å²) in [6.07, 6.45) is -0.491. The second-order valence-electron chi connectivity index (χ2n) is 5.37. The highest BCUT2D eigenvalue weighted by molar-refractivity contribution is 5.72. The standard InChI is InChI=1S/C12H17F2NO4/c1-11(2,3)19-10(18)15-5-4-8(6-9(16)17)12(13,14)7-15/h4H,5-7H2,1-3H3,(H,16,17). The number of aliphatic carboxylic acids is 1. The second-order valence-corrected chi connectivity index (χ2v) is 5.37.